The summed E-state index contributed by atoms with van der Waals surface area (Å²) in [5.41, 5.74) is 1.38. The van der Waals surface area contributed by atoms with Crippen LogP contribution in [0.3, 0.4) is 0 Å². The topological polar surface area (TPSA) is 76.2 Å². The molecule has 0 saturated carbocycles. The van der Waals surface area contributed by atoms with Gasteiger partial charge in [-0.3, -0.25) is 4.79 Å². The predicted octanol–water partition coefficient (Wildman–Crippen LogP) is 6.18. The van der Waals surface area contributed by atoms with Gasteiger partial charge in [0.15, 0.2) is 9.84 Å². The average molecular weight is 726 g/mol. The molecule has 8 nitrogen and oxygen atoms in total. The van der Waals surface area contributed by atoms with Gasteiger partial charge < -0.3 is 24.9 Å². The summed E-state index contributed by atoms with van der Waals surface area (Å²) < 4.78 is 99.8. The molecule has 3 heterocycles. The van der Waals surface area contributed by atoms with Crippen LogP contribution >= 0.6 is 0 Å². The number of nitrogens with one attached hydrogen (secondary N) is 1. The Morgan fingerprint density at radius 1 is 0.620 bits per heavy atom. The number of anilines is 3. The molecule has 3 aliphatic heterocycles. The molecular formula is C35H41F6N5O3S. The number of piperidine rings is 1. The SMILES string of the molecule is CS(=O)(=O)c1ccc(N2CCCCC2)c(C(=O)N2CCN(c3ccc(C(F)(F)F)cc3)CC2)c1.FC(F)(F)c1ccc(N2CCNCC2)cc1. The first-order valence-electron chi connectivity index (χ1n) is 16.5. The molecule has 1 N–H and O–H groups in total. The summed E-state index contributed by atoms with van der Waals surface area (Å²) in [7, 11) is -3.47. The molecule has 0 radical (unpaired) electrons. The fraction of sp³-hybridized carbons (Fsp3) is 0.457. The second-order valence-electron chi connectivity index (χ2n) is 12.6. The van der Waals surface area contributed by atoms with Gasteiger partial charge >= 0.3 is 12.4 Å². The molecule has 3 fully saturated rings. The van der Waals surface area contributed by atoms with E-state index in [1.54, 1.807) is 17.0 Å². The van der Waals surface area contributed by atoms with Crippen molar-refractivity contribution in [1.29, 1.82) is 0 Å². The van der Waals surface area contributed by atoms with Crippen molar-refractivity contribution in [3.05, 3.63) is 83.4 Å². The fourth-order valence-corrected chi connectivity index (χ4v) is 6.96. The van der Waals surface area contributed by atoms with E-state index in [9.17, 15) is 39.6 Å². The number of benzene rings is 3. The zero-order chi connectivity index (χ0) is 36.1. The highest BCUT2D eigenvalue weighted by Crippen LogP contribution is 2.33. The van der Waals surface area contributed by atoms with Crippen LogP contribution in [0.25, 0.3) is 0 Å². The normalized spacial score (nSPS) is 17.7. The Morgan fingerprint density at radius 3 is 1.56 bits per heavy atom. The molecule has 3 aromatic rings. The van der Waals surface area contributed by atoms with Crippen molar-refractivity contribution in [2.75, 3.05) is 86.4 Å². The van der Waals surface area contributed by atoms with E-state index in [1.807, 2.05) is 4.90 Å². The minimum absolute atomic E-state index is 0.111. The highest BCUT2D eigenvalue weighted by molar-refractivity contribution is 7.90. The maximum Gasteiger partial charge on any atom is 0.416 e. The second kappa shape index (κ2) is 15.5. The zero-order valence-corrected chi connectivity index (χ0v) is 28.5. The highest BCUT2D eigenvalue weighted by Gasteiger charge is 2.32. The van der Waals surface area contributed by atoms with E-state index in [-0.39, 0.29) is 10.8 Å². The van der Waals surface area contributed by atoms with Crippen molar-refractivity contribution in [2.24, 2.45) is 0 Å². The van der Waals surface area contributed by atoms with Crippen LogP contribution in [-0.4, -0.2) is 90.9 Å². The van der Waals surface area contributed by atoms with E-state index in [1.165, 1.54) is 30.3 Å². The van der Waals surface area contributed by atoms with E-state index in [2.05, 4.69) is 15.1 Å². The molecule has 1 amide bonds. The molecule has 15 heteroatoms. The van der Waals surface area contributed by atoms with Crippen molar-refractivity contribution in [2.45, 2.75) is 36.5 Å². The highest BCUT2D eigenvalue weighted by atomic mass is 32.2. The summed E-state index contributed by atoms with van der Waals surface area (Å²) in [5, 5.41) is 3.20. The van der Waals surface area contributed by atoms with E-state index in [4.69, 9.17) is 0 Å². The van der Waals surface area contributed by atoms with Crippen LogP contribution in [0.4, 0.5) is 43.4 Å². The summed E-state index contributed by atoms with van der Waals surface area (Å²) in [4.78, 5) is 21.5. The third kappa shape index (κ3) is 9.42. The molecule has 0 atom stereocenters. The molecule has 0 aromatic heterocycles. The Bertz CT molecular complexity index is 1700. The van der Waals surface area contributed by atoms with E-state index in [0.717, 1.165) is 100 Å². The van der Waals surface area contributed by atoms with E-state index in [0.29, 0.717) is 37.4 Å². The van der Waals surface area contributed by atoms with Crippen molar-refractivity contribution < 1.29 is 39.6 Å². The summed E-state index contributed by atoms with van der Waals surface area (Å²) in [6.07, 6.45) is -4.33. The number of carbonyl (C=O) groups is 1. The van der Waals surface area contributed by atoms with Gasteiger partial charge in [-0.05, 0) is 86.0 Å². The van der Waals surface area contributed by atoms with Crippen LogP contribution < -0.4 is 20.0 Å². The molecule has 0 spiro atoms. The lowest BCUT2D eigenvalue weighted by Crippen LogP contribution is -2.49. The number of alkyl halides is 6. The minimum Gasteiger partial charge on any atom is -0.371 e. The molecular weight excluding hydrogens is 684 g/mol. The standard InChI is InChI=1S/C24H28F3N3O3S.C11H13F3N2/c1-34(32,33)20-9-10-22(29-11-3-2-4-12-29)21(17-20)23(31)30-15-13-28(14-16-30)19-7-5-18(6-8-19)24(25,26)27;12-11(13,14)9-1-3-10(4-2-9)16-7-5-15-6-8-16/h5-10,17H,2-4,11-16H2,1H3;1-4,15H,5-8H2. The molecule has 0 unspecified atom stereocenters. The average Bonchev–Trinajstić information content (AvgIpc) is 3.11. The van der Waals surface area contributed by atoms with Crippen LogP contribution in [0.15, 0.2) is 71.6 Å². The minimum atomic E-state index is -4.38. The van der Waals surface area contributed by atoms with Gasteiger partial charge in [0.05, 0.1) is 21.6 Å². The lowest BCUT2D eigenvalue weighted by molar-refractivity contribution is -0.138. The predicted molar refractivity (Wildman–Crippen MR) is 182 cm³/mol. The van der Waals surface area contributed by atoms with Crippen LogP contribution in [0.1, 0.15) is 40.7 Å². The molecule has 0 bridgehead atoms. The number of carbonyl (C=O) groups excluding carboxylic acids is 1. The van der Waals surface area contributed by atoms with Gasteiger partial charge in [-0.15, -0.1) is 0 Å². The summed E-state index contributed by atoms with van der Waals surface area (Å²) in [6.45, 7) is 6.80. The molecule has 3 saturated heterocycles. The monoisotopic (exact) mass is 725 g/mol. The zero-order valence-electron chi connectivity index (χ0n) is 27.7. The Kier molecular flexibility index (Phi) is 11.6. The van der Waals surface area contributed by atoms with Crippen LogP contribution in [0.5, 0.6) is 0 Å². The van der Waals surface area contributed by atoms with E-state index >= 15 is 0 Å². The van der Waals surface area contributed by atoms with Crippen LogP contribution in [0.2, 0.25) is 0 Å². The summed E-state index contributed by atoms with van der Waals surface area (Å²) >= 11 is 0. The Balaban J connectivity index is 0.000000253. The number of sulfone groups is 1. The molecule has 0 aliphatic carbocycles. The first kappa shape index (κ1) is 37.3. The number of halogens is 6. The summed E-state index contributed by atoms with van der Waals surface area (Å²) in [6, 6.07) is 15.1. The maximum atomic E-state index is 13.5. The van der Waals surface area contributed by atoms with Crippen molar-refractivity contribution >= 4 is 32.8 Å². The van der Waals surface area contributed by atoms with Gasteiger partial charge in [0.1, 0.15) is 0 Å². The number of nitrogens with zero attached hydrogens (tertiary/aromatic N) is 4. The first-order chi connectivity index (χ1) is 23.6. The third-order valence-electron chi connectivity index (χ3n) is 9.13. The third-order valence-corrected chi connectivity index (χ3v) is 10.2. The van der Waals surface area contributed by atoms with Crippen molar-refractivity contribution in [3.63, 3.8) is 0 Å². The Morgan fingerprint density at radius 2 is 1.10 bits per heavy atom. The second-order valence-corrected chi connectivity index (χ2v) is 14.6. The molecule has 6 rings (SSSR count). The smallest absolute Gasteiger partial charge is 0.371 e. The number of amides is 1. The fourth-order valence-electron chi connectivity index (χ4n) is 6.31. The number of piperazine rings is 2. The van der Waals surface area contributed by atoms with Gasteiger partial charge in [-0.25, -0.2) is 8.42 Å². The number of rotatable bonds is 5. The van der Waals surface area contributed by atoms with Crippen molar-refractivity contribution in [3.8, 4) is 0 Å². The lowest BCUT2D eigenvalue weighted by atomic mass is 10.1. The largest absolute Gasteiger partial charge is 0.416 e. The quantitative estimate of drug-likeness (QED) is 0.315. The van der Waals surface area contributed by atoms with E-state index < -0.39 is 33.3 Å². The number of hydrogen-bond donors (Lipinski definition) is 1. The van der Waals surface area contributed by atoms with Gasteiger partial charge in [0.25, 0.3) is 5.91 Å². The van der Waals surface area contributed by atoms with Crippen molar-refractivity contribution in [1.82, 2.24) is 10.2 Å². The van der Waals surface area contributed by atoms with Crippen LogP contribution in [-0.2, 0) is 22.2 Å². The first-order valence-corrected chi connectivity index (χ1v) is 18.4. The van der Waals surface area contributed by atoms with Gasteiger partial charge in [-0.2, -0.15) is 26.3 Å². The van der Waals surface area contributed by atoms with Gasteiger partial charge in [0.2, 0.25) is 0 Å². The molecule has 3 aliphatic rings. The van der Waals surface area contributed by atoms with Gasteiger partial charge in [-0.1, -0.05) is 0 Å². The number of hydrogen-bond acceptors (Lipinski definition) is 7. The Hall–Kier alpha value is -3.98. The molecule has 50 heavy (non-hydrogen) atoms. The molecule has 3 aromatic carbocycles. The van der Waals surface area contributed by atoms with Gasteiger partial charge in [0, 0.05) is 88.8 Å². The van der Waals surface area contributed by atoms with Crippen LogP contribution in [0, 0.1) is 0 Å². The maximum absolute atomic E-state index is 13.5. The lowest BCUT2D eigenvalue weighted by Gasteiger charge is -2.37. The molecule has 272 valence electrons. The summed E-state index contributed by atoms with van der Waals surface area (Å²) in [5.74, 6) is -0.224. The Labute approximate surface area is 288 Å².